The number of likely N-dealkylation sites (tertiary alicyclic amines) is 2. The summed E-state index contributed by atoms with van der Waals surface area (Å²) in [6, 6.07) is 0.239. The fourth-order valence-electron chi connectivity index (χ4n) is 4.81. The van der Waals surface area contributed by atoms with Gasteiger partial charge in [0.05, 0.1) is 6.61 Å². The molecule has 2 N–H and O–H groups in total. The number of rotatable bonds is 11. The molecule has 0 saturated carbocycles. The molecule has 5 nitrogen and oxygen atoms in total. The molecule has 0 amide bonds. The van der Waals surface area contributed by atoms with E-state index in [2.05, 4.69) is 43.7 Å². The van der Waals surface area contributed by atoms with Crippen molar-refractivity contribution >= 4 is 8.32 Å². The SMILES string of the molecule is CC(C)(C)[Si](C)(C)OCCCCN1CCC2(CC1)CCN(C(CO)CCCO)CC2. The first-order valence-corrected chi connectivity index (χ1v) is 15.4. The zero-order valence-corrected chi connectivity index (χ0v) is 21.6. The third-order valence-electron chi connectivity index (χ3n) is 8.34. The summed E-state index contributed by atoms with van der Waals surface area (Å²) in [6.07, 6.45) is 9.35. The van der Waals surface area contributed by atoms with E-state index in [9.17, 15) is 5.11 Å². The molecule has 0 aromatic heterocycles. The quantitative estimate of drug-likeness (QED) is 0.373. The van der Waals surface area contributed by atoms with Crippen LogP contribution in [-0.2, 0) is 4.43 Å². The number of aliphatic hydroxyl groups excluding tert-OH is 2. The lowest BCUT2D eigenvalue weighted by atomic mass is 9.71. The largest absolute Gasteiger partial charge is 0.417 e. The Morgan fingerprint density at radius 2 is 1.53 bits per heavy atom. The van der Waals surface area contributed by atoms with E-state index in [1.54, 1.807) is 0 Å². The van der Waals surface area contributed by atoms with Gasteiger partial charge in [0.15, 0.2) is 8.32 Å². The standard InChI is InChI=1S/C24H50N2O3Si/c1-23(2,3)30(4,5)29-20-7-6-14-25-15-10-24(11-16-25)12-17-26(18-13-24)22(21-28)9-8-19-27/h22,27-28H,6-21H2,1-5H3. The summed E-state index contributed by atoms with van der Waals surface area (Å²) in [7, 11) is -1.59. The van der Waals surface area contributed by atoms with Crippen LogP contribution in [0.1, 0.15) is 72.1 Å². The van der Waals surface area contributed by atoms with Crippen LogP contribution in [0.2, 0.25) is 18.1 Å². The molecule has 2 aliphatic rings. The van der Waals surface area contributed by atoms with Gasteiger partial charge < -0.3 is 19.5 Å². The Balaban J connectivity index is 1.62. The Bertz CT molecular complexity index is 477. The first-order valence-electron chi connectivity index (χ1n) is 12.4. The molecule has 6 heteroatoms. The van der Waals surface area contributed by atoms with Gasteiger partial charge in [0.2, 0.25) is 0 Å². The fourth-order valence-corrected chi connectivity index (χ4v) is 5.90. The smallest absolute Gasteiger partial charge is 0.191 e. The van der Waals surface area contributed by atoms with E-state index in [4.69, 9.17) is 9.53 Å². The summed E-state index contributed by atoms with van der Waals surface area (Å²) in [6.45, 7) is 18.9. The maximum absolute atomic E-state index is 9.71. The number of hydrogen-bond acceptors (Lipinski definition) is 5. The van der Waals surface area contributed by atoms with E-state index >= 15 is 0 Å². The highest BCUT2D eigenvalue weighted by atomic mass is 28.4. The van der Waals surface area contributed by atoms with Crippen molar-refractivity contribution in [3.05, 3.63) is 0 Å². The van der Waals surface area contributed by atoms with Gasteiger partial charge in [-0.25, -0.2) is 0 Å². The van der Waals surface area contributed by atoms with Crippen LogP contribution < -0.4 is 0 Å². The molecule has 178 valence electrons. The molecule has 30 heavy (non-hydrogen) atoms. The molecule has 1 atom stereocenters. The van der Waals surface area contributed by atoms with Crippen LogP contribution in [0.5, 0.6) is 0 Å². The summed E-state index contributed by atoms with van der Waals surface area (Å²) in [4.78, 5) is 5.14. The number of aliphatic hydroxyl groups is 2. The van der Waals surface area contributed by atoms with Gasteiger partial charge in [-0.1, -0.05) is 20.8 Å². The molecule has 2 rings (SSSR count). The summed E-state index contributed by atoms with van der Waals surface area (Å²) < 4.78 is 6.32. The lowest BCUT2D eigenvalue weighted by Gasteiger charge is -2.48. The number of piperidine rings is 2. The molecule has 0 radical (unpaired) electrons. The highest BCUT2D eigenvalue weighted by molar-refractivity contribution is 6.74. The number of hydrogen-bond donors (Lipinski definition) is 2. The topological polar surface area (TPSA) is 56.2 Å². The van der Waals surface area contributed by atoms with Gasteiger partial charge in [-0.15, -0.1) is 0 Å². The van der Waals surface area contributed by atoms with Gasteiger partial charge in [-0.3, -0.25) is 4.90 Å². The molecular weight excluding hydrogens is 392 g/mol. The number of unbranched alkanes of at least 4 members (excludes halogenated alkanes) is 1. The second kappa shape index (κ2) is 11.8. The minimum Gasteiger partial charge on any atom is -0.417 e. The first kappa shape index (κ1) is 26.3. The molecule has 1 unspecified atom stereocenters. The maximum atomic E-state index is 9.71. The third-order valence-corrected chi connectivity index (χ3v) is 12.9. The zero-order chi connectivity index (χ0) is 22.3. The van der Waals surface area contributed by atoms with E-state index in [1.807, 2.05) is 0 Å². The van der Waals surface area contributed by atoms with Crippen LogP contribution in [0.3, 0.4) is 0 Å². The van der Waals surface area contributed by atoms with Crippen LogP contribution in [0.25, 0.3) is 0 Å². The van der Waals surface area contributed by atoms with Gasteiger partial charge in [0.1, 0.15) is 0 Å². The Labute approximate surface area is 187 Å². The van der Waals surface area contributed by atoms with E-state index < -0.39 is 8.32 Å². The molecule has 1 spiro atoms. The van der Waals surface area contributed by atoms with Crippen molar-refractivity contribution in [2.75, 3.05) is 52.5 Å². The second-order valence-electron chi connectivity index (χ2n) is 11.4. The van der Waals surface area contributed by atoms with Gasteiger partial charge in [-0.2, -0.15) is 0 Å². The maximum Gasteiger partial charge on any atom is 0.191 e. The van der Waals surface area contributed by atoms with Crippen molar-refractivity contribution in [3.63, 3.8) is 0 Å². The molecule has 2 heterocycles. The normalized spacial score (nSPS) is 22.5. The summed E-state index contributed by atoms with van der Waals surface area (Å²) >= 11 is 0. The van der Waals surface area contributed by atoms with E-state index in [0.29, 0.717) is 10.5 Å². The second-order valence-corrected chi connectivity index (χ2v) is 16.2. The molecular formula is C24H50N2O3Si. The van der Waals surface area contributed by atoms with Gasteiger partial charge in [0, 0.05) is 19.3 Å². The van der Waals surface area contributed by atoms with E-state index in [-0.39, 0.29) is 19.3 Å². The van der Waals surface area contributed by atoms with Gasteiger partial charge in [-0.05, 0) is 108 Å². The highest BCUT2D eigenvalue weighted by Gasteiger charge is 2.39. The predicted octanol–water partition coefficient (Wildman–Crippen LogP) is 4.10. The molecule has 2 fully saturated rings. The Morgan fingerprint density at radius 1 is 0.933 bits per heavy atom. The Morgan fingerprint density at radius 3 is 2.07 bits per heavy atom. The van der Waals surface area contributed by atoms with Crippen molar-refractivity contribution in [2.45, 2.75) is 96.3 Å². The van der Waals surface area contributed by atoms with Crippen LogP contribution in [-0.4, -0.2) is 86.9 Å². The van der Waals surface area contributed by atoms with Crippen molar-refractivity contribution in [2.24, 2.45) is 5.41 Å². The third kappa shape index (κ3) is 7.56. The lowest BCUT2D eigenvalue weighted by Crippen LogP contribution is -2.50. The monoisotopic (exact) mass is 442 g/mol. The summed E-state index contributed by atoms with van der Waals surface area (Å²) in [5.74, 6) is 0. The predicted molar refractivity (Wildman–Crippen MR) is 128 cm³/mol. The van der Waals surface area contributed by atoms with E-state index in [0.717, 1.165) is 32.5 Å². The van der Waals surface area contributed by atoms with Gasteiger partial charge >= 0.3 is 0 Å². The summed E-state index contributed by atoms with van der Waals surface area (Å²) in [5.41, 5.74) is 0.537. The molecule has 0 bridgehead atoms. The van der Waals surface area contributed by atoms with Crippen molar-refractivity contribution in [1.82, 2.24) is 9.80 Å². The van der Waals surface area contributed by atoms with Gasteiger partial charge in [0.25, 0.3) is 0 Å². The van der Waals surface area contributed by atoms with Crippen molar-refractivity contribution in [3.8, 4) is 0 Å². The minimum absolute atomic E-state index is 0.222. The average molecular weight is 443 g/mol. The minimum atomic E-state index is -1.59. The van der Waals surface area contributed by atoms with Crippen LogP contribution >= 0.6 is 0 Å². The molecule has 0 aromatic rings. The zero-order valence-electron chi connectivity index (χ0n) is 20.6. The molecule has 2 saturated heterocycles. The fraction of sp³-hybridized carbons (Fsp3) is 1.00. The van der Waals surface area contributed by atoms with Crippen LogP contribution in [0, 0.1) is 5.41 Å². The highest BCUT2D eigenvalue weighted by Crippen LogP contribution is 2.42. The molecule has 0 aliphatic carbocycles. The van der Waals surface area contributed by atoms with Crippen LogP contribution in [0.4, 0.5) is 0 Å². The molecule has 0 aromatic carbocycles. The Hall–Kier alpha value is 0.0169. The first-order chi connectivity index (χ1) is 14.1. The van der Waals surface area contributed by atoms with Crippen molar-refractivity contribution in [1.29, 1.82) is 0 Å². The number of nitrogens with zero attached hydrogens (tertiary/aromatic N) is 2. The average Bonchev–Trinajstić information content (AvgIpc) is 2.70. The lowest BCUT2D eigenvalue weighted by molar-refractivity contribution is 0.00555. The summed E-state index contributed by atoms with van der Waals surface area (Å²) in [5, 5.41) is 19.1. The van der Waals surface area contributed by atoms with Crippen molar-refractivity contribution < 1.29 is 14.6 Å². The molecule has 2 aliphatic heterocycles. The Kier molecular flexibility index (Phi) is 10.3. The van der Waals surface area contributed by atoms with E-state index in [1.165, 1.54) is 58.2 Å². The van der Waals surface area contributed by atoms with Crippen LogP contribution in [0.15, 0.2) is 0 Å².